The van der Waals surface area contributed by atoms with E-state index in [4.69, 9.17) is 0 Å². The van der Waals surface area contributed by atoms with Crippen LogP contribution < -0.4 is 5.32 Å². The van der Waals surface area contributed by atoms with E-state index in [-0.39, 0.29) is 5.54 Å². The van der Waals surface area contributed by atoms with E-state index in [9.17, 15) is 0 Å². The van der Waals surface area contributed by atoms with Crippen molar-refractivity contribution < 1.29 is 0 Å². The van der Waals surface area contributed by atoms with Gasteiger partial charge >= 0.3 is 0 Å². The third-order valence-electron chi connectivity index (χ3n) is 2.44. The van der Waals surface area contributed by atoms with Gasteiger partial charge in [-0.25, -0.2) is 4.98 Å². The molecule has 0 atom stereocenters. The Hall–Kier alpha value is -0.710. The van der Waals surface area contributed by atoms with Crippen molar-refractivity contribution in [2.24, 2.45) is 0 Å². The molecule has 0 saturated carbocycles. The normalized spacial score (nSPS) is 11.9. The molecule has 0 aliphatic rings. The van der Waals surface area contributed by atoms with Gasteiger partial charge in [0.05, 0.1) is 16.1 Å². The molecule has 15 heavy (non-hydrogen) atoms. The van der Waals surface area contributed by atoms with E-state index < -0.39 is 0 Å². The Morgan fingerprint density at radius 1 is 1.33 bits per heavy atom. The summed E-state index contributed by atoms with van der Waals surface area (Å²) < 4.78 is 0. The van der Waals surface area contributed by atoms with Crippen LogP contribution in [0.25, 0.3) is 10.6 Å². The highest BCUT2D eigenvalue weighted by atomic mass is 32.1. The zero-order valence-corrected chi connectivity index (χ0v) is 10.7. The van der Waals surface area contributed by atoms with E-state index in [1.807, 2.05) is 7.05 Å². The smallest absolute Gasteiger partial charge is 0.113 e. The van der Waals surface area contributed by atoms with Gasteiger partial charge in [-0.15, -0.1) is 22.7 Å². The van der Waals surface area contributed by atoms with Crippen LogP contribution in [0, 0.1) is 0 Å². The zero-order valence-electron chi connectivity index (χ0n) is 9.07. The van der Waals surface area contributed by atoms with Gasteiger partial charge in [-0.2, -0.15) is 0 Å². The molecule has 0 amide bonds. The number of nitrogens with one attached hydrogen (secondary N) is 1. The van der Waals surface area contributed by atoms with Crippen LogP contribution in [0.3, 0.4) is 0 Å². The van der Waals surface area contributed by atoms with Gasteiger partial charge in [-0.05, 0) is 32.3 Å². The zero-order chi connectivity index (χ0) is 10.9. The third-order valence-corrected chi connectivity index (χ3v) is 4.50. The molecule has 0 aliphatic carbocycles. The summed E-state index contributed by atoms with van der Waals surface area (Å²) in [7, 11) is 1.96. The van der Waals surface area contributed by atoms with E-state index in [1.54, 1.807) is 22.7 Å². The molecule has 0 aliphatic heterocycles. The van der Waals surface area contributed by atoms with Crippen molar-refractivity contribution in [2.45, 2.75) is 19.4 Å². The van der Waals surface area contributed by atoms with E-state index >= 15 is 0 Å². The minimum Gasteiger partial charge on any atom is -0.309 e. The van der Waals surface area contributed by atoms with E-state index in [0.717, 1.165) is 10.7 Å². The molecule has 2 aromatic heterocycles. The number of hydrogen-bond donors (Lipinski definition) is 1. The van der Waals surface area contributed by atoms with Crippen molar-refractivity contribution in [3.8, 4) is 10.6 Å². The molecular weight excluding hydrogens is 224 g/mol. The van der Waals surface area contributed by atoms with Crippen LogP contribution in [0.2, 0.25) is 0 Å². The van der Waals surface area contributed by atoms with Gasteiger partial charge < -0.3 is 5.32 Å². The quantitative estimate of drug-likeness (QED) is 0.887. The fourth-order valence-corrected chi connectivity index (χ4v) is 2.92. The maximum absolute atomic E-state index is 4.66. The topological polar surface area (TPSA) is 24.9 Å². The van der Waals surface area contributed by atoms with Crippen molar-refractivity contribution in [1.29, 1.82) is 0 Å². The fourth-order valence-electron chi connectivity index (χ4n) is 1.21. The van der Waals surface area contributed by atoms with Gasteiger partial charge in [0.2, 0.25) is 0 Å². The summed E-state index contributed by atoms with van der Waals surface area (Å²) in [4.78, 5) is 5.90. The van der Waals surface area contributed by atoms with Crippen molar-refractivity contribution in [3.05, 3.63) is 27.9 Å². The van der Waals surface area contributed by atoms with Crippen molar-refractivity contribution in [1.82, 2.24) is 10.3 Å². The summed E-state index contributed by atoms with van der Waals surface area (Å²) in [6.07, 6.45) is 0. The van der Waals surface area contributed by atoms with Crippen LogP contribution in [0.1, 0.15) is 18.9 Å². The summed E-state index contributed by atoms with van der Waals surface area (Å²) in [5.41, 5.74) is 1.05. The second kappa shape index (κ2) is 4.04. The molecule has 0 fully saturated rings. The van der Waals surface area contributed by atoms with E-state index in [2.05, 4.69) is 47.0 Å². The largest absolute Gasteiger partial charge is 0.309 e. The van der Waals surface area contributed by atoms with E-state index in [0.29, 0.717) is 0 Å². The molecule has 0 aromatic carbocycles. The summed E-state index contributed by atoms with van der Waals surface area (Å²) in [5.74, 6) is 0. The standard InChI is InChI=1S/C11H14N2S2/c1-11(2,12-3)10-13-8(7-15-10)9-5-4-6-14-9/h4-7,12H,1-3H3. The van der Waals surface area contributed by atoms with Crippen molar-refractivity contribution in [2.75, 3.05) is 7.05 Å². The van der Waals surface area contributed by atoms with Gasteiger partial charge in [0, 0.05) is 5.38 Å². The van der Waals surface area contributed by atoms with Crippen LogP contribution in [-0.4, -0.2) is 12.0 Å². The predicted octanol–water partition coefficient (Wildman–Crippen LogP) is 3.33. The number of rotatable bonds is 3. The van der Waals surface area contributed by atoms with Crippen LogP contribution in [0.5, 0.6) is 0 Å². The first-order valence-electron chi connectivity index (χ1n) is 4.82. The Labute approximate surface area is 98.0 Å². The van der Waals surface area contributed by atoms with Crippen molar-refractivity contribution in [3.63, 3.8) is 0 Å². The molecule has 4 heteroatoms. The van der Waals surface area contributed by atoms with Crippen LogP contribution in [0.4, 0.5) is 0 Å². The third kappa shape index (κ3) is 2.12. The Kier molecular flexibility index (Phi) is 2.91. The summed E-state index contributed by atoms with van der Waals surface area (Å²) in [6.45, 7) is 4.29. The molecule has 0 radical (unpaired) electrons. The second-order valence-corrected chi connectivity index (χ2v) is 5.70. The Balaban J connectivity index is 2.33. The lowest BCUT2D eigenvalue weighted by Gasteiger charge is -2.20. The summed E-state index contributed by atoms with van der Waals surface area (Å²) in [5, 5.41) is 8.61. The van der Waals surface area contributed by atoms with Gasteiger partial charge in [-0.1, -0.05) is 6.07 Å². The van der Waals surface area contributed by atoms with Crippen LogP contribution in [-0.2, 0) is 5.54 Å². The first-order valence-corrected chi connectivity index (χ1v) is 6.58. The van der Waals surface area contributed by atoms with Crippen molar-refractivity contribution >= 4 is 22.7 Å². The van der Waals surface area contributed by atoms with Gasteiger partial charge in [0.25, 0.3) is 0 Å². The highest BCUT2D eigenvalue weighted by Crippen LogP contribution is 2.30. The van der Waals surface area contributed by atoms with Gasteiger partial charge in [0.1, 0.15) is 5.01 Å². The molecule has 2 nitrogen and oxygen atoms in total. The first-order chi connectivity index (χ1) is 7.13. The minimum atomic E-state index is -0.0415. The lowest BCUT2D eigenvalue weighted by atomic mass is 10.1. The summed E-state index contributed by atoms with van der Waals surface area (Å²) in [6, 6.07) is 4.16. The van der Waals surface area contributed by atoms with E-state index in [1.165, 1.54) is 4.88 Å². The maximum Gasteiger partial charge on any atom is 0.113 e. The lowest BCUT2D eigenvalue weighted by Crippen LogP contribution is -2.32. The number of thiazole rings is 1. The molecule has 80 valence electrons. The molecule has 1 N–H and O–H groups in total. The molecule has 0 spiro atoms. The lowest BCUT2D eigenvalue weighted by molar-refractivity contribution is 0.442. The Morgan fingerprint density at radius 3 is 2.73 bits per heavy atom. The van der Waals surface area contributed by atoms with Gasteiger partial charge in [-0.3, -0.25) is 0 Å². The number of thiophene rings is 1. The highest BCUT2D eigenvalue weighted by molar-refractivity contribution is 7.14. The Morgan fingerprint density at radius 2 is 2.13 bits per heavy atom. The maximum atomic E-state index is 4.66. The highest BCUT2D eigenvalue weighted by Gasteiger charge is 2.22. The average molecular weight is 238 g/mol. The number of aromatic nitrogens is 1. The Bertz CT molecular complexity index is 429. The fraction of sp³-hybridized carbons (Fsp3) is 0.364. The average Bonchev–Trinajstić information content (AvgIpc) is 2.88. The number of hydrogen-bond acceptors (Lipinski definition) is 4. The predicted molar refractivity (Wildman–Crippen MR) is 67.5 cm³/mol. The monoisotopic (exact) mass is 238 g/mol. The van der Waals surface area contributed by atoms with Crippen LogP contribution in [0.15, 0.2) is 22.9 Å². The number of nitrogens with zero attached hydrogens (tertiary/aromatic N) is 1. The first kappa shape index (κ1) is 10.8. The van der Waals surface area contributed by atoms with Gasteiger partial charge in [0.15, 0.2) is 0 Å². The SMILES string of the molecule is CNC(C)(C)c1nc(-c2cccs2)cs1. The second-order valence-electron chi connectivity index (χ2n) is 3.89. The molecule has 2 aromatic rings. The minimum absolute atomic E-state index is 0.0415. The molecule has 0 bridgehead atoms. The molecule has 2 rings (SSSR count). The molecule has 0 unspecified atom stereocenters. The molecule has 2 heterocycles. The summed E-state index contributed by atoms with van der Waals surface area (Å²) >= 11 is 3.44. The molecule has 0 saturated heterocycles. The van der Waals surface area contributed by atoms with Crippen LogP contribution >= 0.6 is 22.7 Å². The molecular formula is C11H14N2S2.